The summed E-state index contributed by atoms with van der Waals surface area (Å²) in [6, 6.07) is 8.24. The van der Waals surface area contributed by atoms with Crippen molar-refractivity contribution in [1.82, 2.24) is 9.88 Å². The van der Waals surface area contributed by atoms with Crippen LogP contribution in [0.3, 0.4) is 0 Å². The van der Waals surface area contributed by atoms with Crippen LogP contribution in [0.15, 0.2) is 24.3 Å². The normalized spacial score (nSPS) is 18.2. The molecule has 0 saturated carbocycles. The molecule has 1 aromatic heterocycles. The van der Waals surface area contributed by atoms with Crippen molar-refractivity contribution < 1.29 is 9.53 Å². The third-order valence-electron chi connectivity index (χ3n) is 4.08. The molecule has 2 heterocycles. The minimum atomic E-state index is -0.450. The molecule has 3 rings (SSSR count). The Kier molecular flexibility index (Phi) is 4.67. The summed E-state index contributed by atoms with van der Waals surface area (Å²) in [5.41, 5.74) is 0.612. The predicted molar refractivity (Wildman–Crippen MR) is 98.8 cm³/mol. The van der Waals surface area contributed by atoms with Gasteiger partial charge in [-0.1, -0.05) is 23.5 Å². The fourth-order valence-corrected chi connectivity index (χ4v) is 3.95. The lowest BCUT2D eigenvalue weighted by Crippen LogP contribution is -2.37. The Bertz CT molecular complexity index is 689. The van der Waals surface area contributed by atoms with Gasteiger partial charge in [-0.15, -0.1) is 0 Å². The van der Waals surface area contributed by atoms with Gasteiger partial charge in [-0.3, -0.25) is 0 Å². The van der Waals surface area contributed by atoms with Gasteiger partial charge in [0.25, 0.3) is 0 Å². The Hall–Kier alpha value is -1.82. The first-order valence-corrected chi connectivity index (χ1v) is 9.18. The number of ether oxygens (including phenoxy) is 1. The van der Waals surface area contributed by atoms with Gasteiger partial charge in [-0.2, -0.15) is 0 Å². The number of rotatable bonds is 3. The first-order chi connectivity index (χ1) is 11.3. The zero-order valence-corrected chi connectivity index (χ0v) is 15.6. The molecule has 1 aliphatic heterocycles. The minimum absolute atomic E-state index is 0.249. The molecule has 1 unspecified atom stereocenters. The van der Waals surface area contributed by atoms with Crippen LogP contribution in [0.4, 0.5) is 9.93 Å². The summed E-state index contributed by atoms with van der Waals surface area (Å²) >= 11 is 1.74. The summed E-state index contributed by atoms with van der Waals surface area (Å²) in [6.45, 7) is 8.32. The third-order valence-corrected chi connectivity index (χ3v) is 5.17. The molecule has 1 fully saturated rings. The summed E-state index contributed by atoms with van der Waals surface area (Å²) in [7, 11) is 1.81. The first kappa shape index (κ1) is 17.0. The fraction of sp³-hybridized carbons (Fsp3) is 0.556. The maximum absolute atomic E-state index is 12.1. The number of thiazole rings is 1. The van der Waals surface area contributed by atoms with E-state index >= 15 is 0 Å². The molecular weight excluding hydrogens is 322 g/mol. The molecule has 24 heavy (non-hydrogen) atoms. The molecule has 0 N–H and O–H groups in total. The van der Waals surface area contributed by atoms with Crippen molar-refractivity contribution in [2.75, 3.05) is 31.6 Å². The molecule has 1 aromatic carbocycles. The van der Waals surface area contributed by atoms with E-state index in [1.807, 2.05) is 40.0 Å². The number of fused-ring (bicyclic) bond motifs is 1. The monoisotopic (exact) mass is 347 g/mol. The molecule has 1 atom stereocenters. The van der Waals surface area contributed by atoms with Crippen molar-refractivity contribution >= 4 is 32.8 Å². The van der Waals surface area contributed by atoms with Crippen LogP contribution in [0.1, 0.15) is 27.2 Å². The van der Waals surface area contributed by atoms with Crippen LogP contribution in [0.2, 0.25) is 0 Å². The second-order valence-electron chi connectivity index (χ2n) is 7.43. The van der Waals surface area contributed by atoms with Crippen LogP contribution in [-0.2, 0) is 4.74 Å². The lowest BCUT2D eigenvalue weighted by Gasteiger charge is -2.26. The second-order valence-corrected chi connectivity index (χ2v) is 8.43. The number of nitrogens with zero attached hydrogens (tertiary/aromatic N) is 3. The maximum atomic E-state index is 12.1. The summed E-state index contributed by atoms with van der Waals surface area (Å²) in [5, 5.41) is 1.08. The van der Waals surface area contributed by atoms with E-state index in [-0.39, 0.29) is 6.09 Å². The summed E-state index contributed by atoms with van der Waals surface area (Å²) in [4.78, 5) is 20.9. The smallest absolute Gasteiger partial charge is 0.410 e. The van der Waals surface area contributed by atoms with E-state index in [0.717, 1.165) is 36.7 Å². The summed E-state index contributed by atoms with van der Waals surface area (Å²) in [6.07, 6.45) is 0.823. The van der Waals surface area contributed by atoms with Gasteiger partial charge in [0.15, 0.2) is 5.13 Å². The number of hydrogen-bond donors (Lipinski definition) is 0. The van der Waals surface area contributed by atoms with Crippen LogP contribution in [-0.4, -0.2) is 48.3 Å². The molecule has 1 aliphatic rings. The lowest BCUT2D eigenvalue weighted by molar-refractivity contribution is 0.0277. The number of hydrogen-bond acceptors (Lipinski definition) is 5. The van der Waals surface area contributed by atoms with Crippen molar-refractivity contribution in [1.29, 1.82) is 0 Å². The van der Waals surface area contributed by atoms with Crippen molar-refractivity contribution in [2.45, 2.75) is 32.8 Å². The van der Waals surface area contributed by atoms with Crippen molar-refractivity contribution in [2.24, 2.45) is 5.92 Å². The van der Waals surface area contributed by atoms with Crippen LogP contribution in [0, 0.1) is 5.92 Å². The van der Waals surface area contributed by atoms with Gasteiger partial charge >= 0.3 is 6.09 Å². The average molecular weight is 347 g/mol. The highest BCUT2D eigenvalue weighted by atomic mass is 32.1. The van der Waals surface area contributed by atoms with Gasteiger partial charge in [0.1, 0.15) is 5.60 Å². The number of benzene rings is 1. The number of para-hydroxylation sites is 1. The molecule has 0 aliphatic carbocycles. The predicted octanol–water partition coefficient (Wildman–Crippen LogP) is 3.99. The van der Waals surface area contributed by atoms with E-state index in [4.69, 9.17) is 9.72 Å². The zero-order valence-electron chi connectivity index (χ0n) is 14.8. The molecule has 5 nitrogen and oxygen atoms in total. The highest BCUT2D eigenvalue weighted by Crippen LogP contribution is 2.32. The number of aromatic nitrogens is 1. The van der Waals surface area contributed by atoms with E-state index in [2.05, 4.69) is 17.0 Å². The first-order valence-electron chi connectivity index (χ1n) is 8.36. The Balaban J connectivity index is 1.58. The van der Waals surface area contributed by atoms with E-state index in [1.165, 1.54) is 4.70 Å². The SMILES string of the molecule is CN(CC1CCN(c2nc3ccccc3s2)C1)C(=O)OC(C)(C)C. The zero-order chi connectivity index (χ0) is 17.3. The topological polar surface area (TPSA) is 45.7 Å². The van der Waals surface area contributed by atoms with Crippen molar-refractivity contribution in [3.05, 3.63) is 24.3 Å². The van der Waals surface area contributed by atoms with E-state index < -0.39 is 5.60 Å². The van der Waals surface area contributed by atoms with E-state index in [9.17, 15) is 4.79 Å². The number of carbonyl (C=O) groups is 1. The van der Waals surface area contributed by atoms with Crippen molar-refractivity contribution in [3.63, 3.8) is 0 Å². The lowest BCUT2D eigenvalue weighted by atomic mass is 10.1. The van der Waals surface area contributed by atoms with E-state index in [0.29, 0.717) is 5.92 Å². The maximum Gasteiger partial charge on any atom is 0.410 e. The Morgan fingerprint density at radius 3 is 2.88 bits per heavy atom. The number of anilines is 1. The van der Waals surface area contributed by atoms with Gasteiger partial charge in [0, 0.05) is 26.7 Å². The van der Waals surface area contributed by atoms with Crippen LogP contribution in [0.5, 0.6) is 0 Å². The average Bonchev–Trinajstić information content (AvgIpc) is 3.11. The van der Waals surface area contributed by atoms with Gasteiger partial charge < -0.3 is 14.5 Å². The summed E-state index contributed by atoms with van der Waals surface area (Å²) in [5.74, 6) is 0.453. The largest absolute Gasteiger partial charge is 0.444 e. The Labute approximate surface area is 147 Å². The number of carbonyl (C=O) groups excluding carboxylic acids is 1. The molecule has 0 radical (unpaired) electrons. The van der Waals surface area contributed by atoms with Gasteiger partial charge in [0.05, 0.1) is 10.2 Å². The van der Waals surface area contributed by atoms with Gasteiger partial charge in [-0.05, 0) is 45.2 Å². The standard InChI is InChI=1S/C18H25N3O2S/c1-18(2,3)23-17(22)20(4)11-13-9-10-21(12-13)16-19-14-7-5-6-8-15(14)24-16/h5-8,13H,9-12H2,1-4H3. The molecule has 0 bridgehead atoms. The molecule has 130 valence electrons. The second kappa shape index (κ2) is 6.59. The molecular formula is C18H25N3O2S. The third kappa shape index (κ3) is 3.98. The minimum Gasteiger partial charge on any atom is -0.444 e. The molecule has 1 saturated heterocycles. The van der Waals surface area contributed by atoms with Crippen LogP contribution in [0.25, 0.3) is 10.2 Å². The highest BCUT2D eigenvalue weighted by molar-refractivity contribution is 7.22. The quantitative estimate of drug-likeness (QED) is 0.842. The Morgan fingerprint density at radius 1 is 1.42 bits per heavy atom. The van der Waals surface area contributed by atoms with E-state index in [1.54, 1.807) is 16.2 Å². The molecule has 0 spiro atoms. The fourth-order valence-electron chi connectivity index (χ4n) is 2.95. The highest BCUT2D eigenvalue weighted by Gasteiger charge is 2.28. The van der Waals surface area contributed by atoms with Crippen molar-refractivity contribution in [3.8, 4) is 0 Å². The van der Waals surface area contributed by atoms with Crippen LogP contribution >= 0.6 is 11.3 Å². The number of amides is 1. The molecule has 6 heteroatoms. The van der Waals surface area contributed by atoms with Crippen LogP contribution < -0.4 is 4.90 Å². The summed E-state index contributed by atoms with van der Waals surface area (Å²) < 4.78 is 6.65. The van der Waals surface area contributed by atoms with Gasteiger partial charge in [-0.25, -0.2) is 9.78 Å². The Morgan fingerprint density at radius 2 is 2.17 bits per heavy atom. The van der Waals surface area contributed by atoms with Gasteiger partial charge in [0.2, 0.25) is 0 Å². The molecule has 2 aromatic rings. The molecule has 1 amide bonds.